The van der Waals surface area contributed by atoms with Crippen molar-refractivity contribution in [1.82, 2.24) is 34.3 Å². The zero-order chi connectivity index (χ0) is 17.4. The summed E-state index contributed by atoms with van der Waals surface area (Å²) in [6.45, 7) is 4.51. The monoisotopic (exact) mass is 341 g/mol. The van der Waals surface area contributed by atoms with Crippen LogP contribution in [0, 0.1) is 6.92 Å². The van der Waals surface area contributed by atoms with Crippen molar-refractivity contribution >= 4 is 23.3 Å². The van der Waals surface area contributed by atoms with E-state index >= 15 is 0 Å². The van der Waals surface area contributed by atoms with Gasteiger partial charge in [0, 0.05) is 39.3 Å². The van der Waals surface area contributed by atoms with Crippen LogP contribution in [0.5, 0.6) is 0 Å². The second-order valence-corrected chi connectivity index (χ2v) is 5.94. The molecule has 25 heavy (non-hydrogen) atoms. The molecule has 2 amide bonds. The van der Waals surface area contributed by atoms with Gasteiger partial charge in [0.05, 0.1) is 18.6 Å². The summed E-state index contributed by atoms with van der Waals surface area (Å²) in [4.78, 5) is 24.9. The third-order valence-electron chi connectivity index (χ3n) is 4.28. The van der Waals surface area contributed by atoms with Crippen molar-refractivity contribution in [2.45, 2.75) is 6.92 Å². The molecule has 1 fully saturated rings. The SMILES string of the molecule is Cc1nc2cncc(N3CCN(C(=O)Nc4ccnn4C)CC3)n2n1. The number of nitrogens with one attached hydrogen (secondary N) is 1. The summed E-state index contributed by atoms with van der Waals surface area (Å²) in [6, 6.07) is 1.66. The molecular weight excluding hydrogens is 322 g/mol. The van der Waals surface area contributed by atoms with Crippen LogP contribution in [0.3, 0.4) is 0 Å². The van der Waals surface area contributed by atoms with E-state index in [9.17, 15) is 4.79 Å². The highest BCUT2D eigenvalue weighted by atomic mass is 16.2. The number of nitrogens with zero attached hydrogens (tertiary/aromatic N) is 8. The van der Waals surface area contributed by atoms with Crippen molar-refractivity contribution < 1.29 is 4.79 Å². The van der Waals surface area contributed by atoms with Gasteiger partial charge in [0.25, 0.3) is 0 Å². The summed E-state index contributed by atoms with van der Waals surface area (Å²) in [7, 11) is 1.79. The number of carbonyl (C=O) groups excluding carboxylic acids is 1. The predicted molar refractivity (Wildman–Crippen MR) is 91.5 cm³/mol. The van der Waals surface area contributed by atoms with Gasteiger partial charge in [0.15, 0.2) is 11.5 Å². The first-order chi connectivity index (χ1) is 12.1. The highest BCUT2D eigenvalue weighted by Gasteiger charge is 2.23. The molecular formula is C15H19N9O. The molecule has 1 aliphatic heterocycles. The summed E-state index contributed by atoms with van der Waals surface area (Å²) in [5.74, 6) is 2.28. The van der Waals surface area contributed by atoms with E-state index in [4.69, 9.17) is 0 Å². The predicted octanol–water partition coefficient (Wildman–Crippen LogP) is 0.520. The Kier molecular flexibility index (Phi) is 3.71. The highest BCUT2D eigenvalue weighted by Crippen LogP contribution is 2.17. The number of hydrogen-bond donors (Lipinski definition) is 1. The lowest BCUT2D eigenvalue weighted by Gasteiger charge is -2.35. The number of anilines is 2. The normalized spacial score (nSPS) is 15.0. The highest BCUT2D eigenvalue weighted by molar-refractivity contribution is 5.88. The molecule has 4 heterocycles. The Hall–Kier alpha value is -3.17. The van der Waals surface area contributed by atoms with E-state index in [1.54, 1.807) is 45.8 Å². The standard InChI is InChI=1S/C15H19N9O/c1-11-18-13-9-16-10-14(24(13)20-11)22-5-7-23(8-6-22)15(25)19-12-3-4-17-21(12)2/h3-4,9-10H,5-8H2,1-2H3,(H,19,25). The van der Waals surface area contributed by atoms with Crippen LogP contribution in [0.25, 0.3) is 5.65 Å². The second-order valence-electron chi connectivity index (χ2n) is 5.94. The number of piperazine rings is 1. The third-order valence-corrected chi connectivity index (χ3v) is 4.28. The van der Waals surface area contributed by atoms with Crippen LogP contribution in [-0.4, -0.2) is 66.5 Å². The number of aryl methyl sites for hydroxylation is 2. The molecule has 1 saturated heterocycles. The Bertz CT molecular complexity index is 907. The number of hydrogen-bond acceptors (Lipinski definition) is 6. The lowest BCUT2D eigenvalue weighted by Crippen LogP contribution is -2.50. The van der Waals surface area contributed by atoms with Crippen LogP contribution in [-0.2, 0) is 7.05 Å². The second kappa shape index (κ2) is 6.04. The number of carbonyl (C=O) groups is 1. The fourth-order valence-electron chi connectivity index (χ4n) is 2.95. The Balaban J connectivity index is 1.44. The van der Waals surface area contributed by atoms with Gasteiger partial charge < -0.3 is 9.80 Å². The first-order valence-corrected chi connectivity index (χ1v) is 8.08. The van der Waals surface area contributed by atoms with Gasteiger partial charge in [0.1, 0.15) is 11.6 Å². The van der Waals surface area contributed by atoms with E-state index in [0.29, 0.717) is 37.8 Å². The summed E-state index contributed by atoms with van der Waals surface area (Å²) in [5, 5.41) is 11.3. The molecule has 0 aliphatic carbocycles. The van der Waals surface area contributed by atoms with Gasteiger partial charge in [0.2, 0.25) is 0 Å². The fourth-order valence-corrected chi connectivity index (χ4v) is 2.95. The molecule has 3 aromatic heterocycles. The van der Waals surface area contributed by atoms with Crippen LogP contribution in [0.2, 0.25) is 0 Å². The maximum absolute atomic E-state index is 12.4. The Morgan fingerprint density at radius 3 is 2.72 bits per heavy atom. The molecule has 0 unspecified atom stereocenters. The van der Waals surface area contributed by atoms with Gasteiger partial charge in [-0.05, 0) is 6.92 Å². The van der Waals surface area contributed by atoms with Gasteiger partial charge >= 0.3 is 6.03 Å². The summed E-state index contributed by atoms with van der Waals surface area (Å²) >= 11 is 0. The molecule has 1 aliphatic rings. The van der Waals surface area contributed by atoms with Crippen LogP contribution in [0.1, 0.15) is 5.82 Å². The third kappa shape index (κ3) is 2.86. The minimum absolute atomic E-state index is 0.115. The molecule has 0 bridgehead atoms. The minimum atomic E-state index is -0.115. The molecule has 3 aromatic rings. The van der Waals surface area contributed by atoms with Crippen molar-refractivity contribution in [1.29, 1.82) is 0 Å². The molecule has 0 atom stereocenters. The Morgan fingerprint density at radius 2 is 2.00 bits per heavy atom. The van der Waals surface area contributed by atoms with E-state index < -0.39 is 0 Å². The molecule has 0 saturated carbocycles. The number of urea groups is 1. The van der Waals surface area contributed by atoms with Crippen LogP contribution < -0.4 is 10.2 Å². The number of aromatic nitrogens is 6. The first kappa shape index (κ1) is 15.4. The van der Waals surface area contributed by atoms with Crippen molar-refractivity contribution in [3.05, 3.63) is 30.5 Å². The van der Waals surface area contributed by atoms with Gasteiger partial charge in [-0.25, -0.2) is 9.78 Å². The van der Waals surface area contributed by atoms with Gasteiger partial charge in [-0.1, -0.05) is 0 Å². The van der Waals surface area contributed by atoms with E-state index in [1.165, 1.54) is 0 Å². The van der Waals surface area contributed by atoms with Crippen molar-refractivity contribution in [3.63, 3.8) is 0 Å². The fraction of sp³-hybridized carbons (Fsp3) is 0.400. The van der Waals surface area contributed by atoms with Crippen LogP contribution >= 0.6 is 0 Å². The summed E-state index contributed by atoms with van der Waals surface area (Å²) in [6.07, 6.45) is 5.13. The molecule has 0 radical (unpaired) electrons. The topological polar surface area (TPSA) is 96.5 Å². The quantitative estimate of drug-likeness (QED) is 0.730. The molecule has 10 nitrogen and oxygen atoms in total. The largest absolute Gasteiger partial charge is 0.352 e. The van der Waals surface area contributed by atoms with Gasteiger partial charge in [-0.2, -0.15) is 9.61 Å². The van der Waals surface area contributed by atoms with E-state index in [-0.39, 0.29) is 6.03 Å². The first-order valence-electron chi connectivity index (χ1n) is 8.08. The van der Waals surface area contributed by atoms with Crippen molar-refractivity contribution in [2.75, 3.05) is 36.4 Å². The van der Waals surface area contributed by atoms with Gasteiger partial charge in [-0.15, -0.1) is 5.10 Å². The van der Waals surface area contributed by atoms with E-state index in [0.717, 1.165) is 11.5 Å². The van der Waals surface area contributed by atoms with E-state index in [1.807, 2.05) is 6.92 Å². The molecule has 1 N–H and O–H groups in total. The molecule has 130 valence electrons. The maximum atomic E-state index is 12.4. The molecule has 4 rings (SSSR count). The van der Waals surface area contributed by atoms with E-state index in [2.05, 4.69) is 30.4 Å². The molecule has 0 aromatic carbocycles. The Morgan fingerprint density at radius 1 is 1.20 bits per heavy atom. The lowest BCUT2D eigenvalue weighted by atomic mass is 10.3. The van der Waals surface area contributed by atoms with Gasteiger partial charge in [-0.3, -0.25) is 15.0 Å². The number of rotatable bonds is 2. The zero-order valence-corrected chi connectivity index (χ0v) is 14.1. The van der Waals surface area contributed by atoms with Crippen molar-refractivity contribution in [2.24, 2.45) is 7.05 Å². The average Bonchev–Trinajstić information content (AvgIpc) is 3.19. The van der Waals surface area contributed by atoms with Crippen LogP contribution in [0.15, 0.2) is 24.7 Å². The summed E-state index contributed by atoms with van der Waals surface area (Å²) in [5.41, 5.74) is 0.728. The average molecular weight is 341 g/mol. The van der Waals surface area contributed by atoms with Crippen LogP contribution in [0.4, 0.5) is 16.4 Å². The summed E-state index contributed by atoms with van der Waals surface area (Å²) < 4.78 is 3.43. The molecule has 10 heteroatoms. The number of fused-ring (bicyclic) bond motifs is 1. The zero-order valence-electron chi connectivity index (χ0n) is 14.1. The number of amides is 2. The molecule has 0 spiro atoms. The Labute approximate surface area is 144 Å². The maximum Gasteiger partial charge on any atom is 0.323 e. The van der Waals surface area contributed by atoms with Crippen molar-refractivity contribution in [3.8, 4) is 0 Å². The smallest absolute Gasteiger partial charge is 0.323 e. The minimum Gasteiger partial charge on any atom is -0.352 e. The lowest BCUT2D eigenvalue weighted by molar-refractivity contribution is 0.207.